The van der Waals surface area contributed by atoms with Crippen LogP contribution in [0, 0.1) is 0 Å². The van der Waals surface area contributed by atoms with Gasteiger partial charge in [0.15, 0.2) is 0 Å². The van der Waals surface area contributed by atoms with Crippen LogP contribution in [-0.2, 0) is 20.9 Å². The summed E-state index contributed by atoms with van der Waals surface area (Å²) in [6, 6.07) is 3.32. The molecule has 7 nitrogen and oxygen atoms in total. The molecule has 1 fully saturated rings. The molecule has 1 saturated heterocycles. The highest BCUT2D eigenvalue weighted by Crippen LogP contribution is 2.34. The van der Waals surface area contributed by atoms with Gasteiger partial charge in [-0.15, -0.1) is 0 Å². The summed E-state index contributed by atoms with van der Waals surface area (Å²) < 4.78 is 69.8. The van der Waals surface area contributed by atoms with E-state index in [2.05, 4.69) is 10.6 Å². The number of alkyl halides is 3. The van der Waals surface area contributed by atoms with Gasteiger partial charge in [0.1, 0.15) is 0 Å². The van der Waals surface area contributed by atoms with Gasteiger partial charge < -0.3 is 15.4 Å². The molecule has 0 saturated carbocycles. The fourth-order valence-electron chi connectivity index (χ4n) is 2.71. The lowest BCUT2D eigenvalue weighted by Crippen LogP contribution is -2.45. The van der Waals surface area contributed by atoms with Crippen LogP contribution >= 0.6 is 0 Å². The number of nitrogens with zero attached hydrogens (tertiary/aromatic N) is 1. The molecular formula is C16H22F3N3O4S. The maximum absolute atomic E-state index is 13.0. The normalized spacial score (nSPS) is 17.3. The van der Waals surface area contributed by atoms with Gasteiger partial charge in [-0.3, -0.25) is 0 Å². The van der Waals surface area contributed by atoms with Gasteiger partial charge in [-0.2, -0.15) is 17.5 Å². The Morgan fingerprint density at radius 2 is 1.89 bits per heavy atom. The molecule has 2 amide bonds. The number of urea groups is 1. The van der Waals surface area contributed by atoms with E-state index in [1.54, 1.807) is 0 Å². The van der Waals surface area contributed by atoms with Crippen molar-refractivity contribution in [1.29, 1.82) is 0 Å². The zero-order valence-corrected chi connectivity index (χ0v) is 15.6. The summed E-state index contributed by atoms with van der Waals surface area (Å²) in [5.41, 5.74) is -0.895. The largest absolute Gasteiger partial charge is 0.416 e. The van der Waals surface area contributed by atoms with E-state index in [1.807, 2.05) is 0 Å². The Morgan fingerprint density at radius 1 is 1.26 bits per heavy atom. The molecule has 0 bridgehead atoms. The maximum Gasteiger partial charge on any atom is 0.416 e. The summed E-state index contributed by atoms with van der Waals surface area (Å²) in [6.45, 7) is 2.44. The van der Waals surface area contributed by atoms with Crippen LogP contribution in [-0.4, -0.2) is 57.4 Å². The van der Waals surface area contributed by atoms with E-state index in [4.69, 9.17) is 4.74 Å². The molecular weight excluding hydrogens is 387 g/mol. The molecule has 1 heterocycles. The Bertz CT molecular complexity index is 750. The predicted molar refractivity (Wildman–Crippen MR) is 92.6 cm³/mol. The first kappa shape index (κ1) is 21.5. The molecule has 1 aromatic rings. The highest BCUT2D eigenvalue weighted by Gasteiger charge is 2.34. The minimum absolute atomic E-state index is 0.0684. The number of rotatable bonds is 6. The van der Waals surface area contributed by atoms with E-state index in [0.29, 0.717) is 13.2 Å². The Kier molecular flexibility index (Phi) is 7.06. The van der Waals surface area contributed by atoms with Gasteiger partial charge in [0.25, 0.3) is 0 Å². The lowest BCUT2D eigenvalue weighted by Gasteiger charge is -2.26. The number of hydrogen-bond acceptors (Lipinski definition) is 4. The van der Waals surface area contributed by atoms with E-state index in [1.165, 1.54) is 29.4 Å². The highest BCUT2D eigenvalue weighted by molar-refractivity contribution is 7.89. The van der Waals surface area contributed by atoms with Crippen molar-refractivity contribution in [3.63, 3.8) is 0 Å². The lowest BCUT2D eigenvalue weighted by atomic mass is 10.0. The van der Waals surface area contributed by atoms with Crippen LogP contribution in [0.1, 0.15) is 24.1 Å². The fourth-order valence-corrected chi connectivity index (χ4v) is 4.03. The van der Waals surface area contributed by atoms with Crippen molar-refractivity contribution in [3.05, 3.63) is 35.4 Å². The molecule has 27 heavy (non-hydrogen) atoms. The molecule has 1 unspecified atom stereocenters. The molecule has 1 aliphatic rings. The minimum Gasteiger partial charge on any atom is -0.379 e. The number of amides is 2. The van der Waals surface area contributed by atoms with Gasteiger partial charge in [0.2, 0.25) is 10.0 Å². The van der Waals surface area contributed by atoms with Gasteiger partial charge in [0.05, 0.1) is 30.6 Å². The van der Waals surface area contributed by atoms with Crippen LogP contribution in [0.3, 0.4) is 0 Å². The van der Waals surface area contributed by atoms with E-state index in [-0.39, 0.29) is 31.0 Å². The van der Waals surface area contributed by atoms with Crippen LogP contribution in [0.15, 0.2) is 24.3 Å². The number of benzene rings is 1. The standard InChI is InChI=1S/C16H22F3N3O4S/c1-12(13-4-2-3-5-14(13)16(17,18)19)21-15(23)20-6-11-27(24,25)22-7-9-26-10-8-22/h2-5,12H,6-11H2,1H3,(H2,20,21,23). The molecule has 11 heteroatoms. The molecule has 0 spiro atoms. The fraction of sp³-hybridized carbons (Fsp3) is 0.562. The molecule has 0 aliphatic carbocycles. The van der Waals surface area contributed by atoms with Crippen LogP contribution < -0.4 is 10.6 Å². The van der Waals surface area contributed by atoms with Crippen molar-refractivity contribution in [3.8, 4) is 0 Å². The first-order chi connectivity index (χ1) is 12.6. The first-order valence-electron chi connectivity index (χ1n) is 8.37. The molecule has 1 atom stereocenters. The third kappa shape index (κ3) is 6.08. The summed E-state index contributed by atoms with van der Waals surface area (Å²) in [5.74, 6) is -0.298. The van der Waals surface area contributed by atoms with E-state index in [0.717, 1.165) is 6.07 Å². The SMILES string of the molecule is CC(NC(=O)NCCS(=O)(=O)N1CCOCC1)c1ccccc1C(F)(F)F. The molecule has 1 aliphatic heterocycles. The molecule has 1 aromatic carbocycles. The van der Waals surface area contributed by atoms with E-state index >= 15 is 0 Å². The van der Waals surface area contributed by atoms with Crippen molar-refractivity contribution >= 4 is 16.1 Å². The molecule has 2 N–H and O–H groups in total. The average Bonchev–Trinajstić information content (AvgIpc) is 2.61. The number of carbonyl (C=O) groups is 1. The second kappa shape index (κ2) is 8.89. The van der Waals surface area contributed by atoms with Crippen LogP contribution in [0.2, 0.25) is 0 Å². The molecule has 152 valence electrons. The molecule has 0 aromatic heterocycles. The number of sulfonamides is 1. The number of hydrogen-bond donors (Lipinski definition) is 2. The summed E-state index contributed by atoms with van der Waals surface area (Å²) in [4.78, 5) is 11.9. The predicted octanol–water partition coefficient (Wildman–Crippen LogP) is 1.73. The quantitative estimate of drug-likeness (QED) is 0.749. The second-order valence-electron chi connectivity index (χ2n) is 6.03. The number of nitrogens with one attached hydrogen (secondary N) is 2. The number of halogens is 3. The van der Waals surface area contributed by atoms with Crippen molar-refractivity contribution < 1.29 is 31.1 Å². The monoisotopic (exact) mass is 409 g/mol. The Hall–Kier alpha value is -1.85. The van der Waals surface area contributed by atoms with Gasteiger partial charge >= 0.3 is 12.2 Å². The minimum atomic E-state index is -4.53. The second-order valence-corrected chi connectivity index (χ2v) is 8.12. The third-order valence-electron chi connectivity index (χ3n) is 4.09. The maximum atomic E-state index is 13.0. The van der Waals surface area contributed by atoms with E-state index < -0.39 is 33.8 Å². The Morgan fingerprint density at radius 3 is 2.52 bits per heavy atom. The van der Waals surface area contributed by atoms with Crippen molar-refractivity contribution in [2.24, 2.45) is 0 Å². The summed E-state index contributed by atoms with van der Waals surface area (Å²) in [6.07, 6.45) is -4.53. The number of morpholine rings is 1. The van der Waals surface area contributed by atoms with Crippen LogP contribution in [0.5, 0.6) is 0 Å². The topological polar surface area (TPSA) is 87.7 Å². The zero-order valence-electron chi connectivity index (χ0n) is 14.8. The molecule has 0 radical (unpaired) electrons. The lowest BCUT2D eigenvalue weighted by molar-refractivity contribution is -0.138. The Balaban J connectivity index is 1.87. The average molecular weight is 409 g/mol. The van der Waals surface area contributed by atoms with Gasteiger partial charge in [-0.25, -0.2) is 13.2 Å². The zero-order chi connectivity index (χ0) is 20.1. The first-order valence-corrected chi connectivity index (χ1v) is 9.98. The van der Waals surface area contributed by atoms with Crippen molar-refractivity contribution in [2.75, 3.05) is 38.6 Å². The van der Waals surface area contributed by atoms with Gasteiger partial charge in [0, 0.05) is 19.6 Å². The van der Waals surface area contributed by atoms with E-state index in [9.17, 15) is 26.4 Å². The van der Waals surface area contributed by atoms with Crippen LogP contribution in [0.25, 0.3) is 0 Å². The van der Waals surface area contributed by atoms with Crippen molar-refractivity contribution in [2.45, 2.75) is 19.1 Å². The summed E-state index contributed by atoms with van der Waals surface area (Å²) in [5, 5.41) is 4.76. The Labute approximate surface area is 155 Å². The van der Waals surface area contributed by atoms with Gasteiger partial charge in [-0.1, -0.05) is 18.2 Å². The van der Waals surface area contributed by atoms with Crippen LogP contribution in [0.4, 0.5) is 18.0 Å². The summed E-state index contributed by atoms with van der Waals surface area (Å²) >= 11 is 0. The number of ether oxygens (including phenoxy) is 1. The smallest absolute Gasteiger partial charge is 0.379 e. The van der Waals surface area contributed by atoms with Crippen molar-refractivity contribution in [1.82, 2.24) is 14.9 Å². The highest BCUT2D eigenvalue weighted by atomic mass is 32.2. The number of carbonyl (C=O) groups excluding carboxylic acids is 1. The van der Waals surface area contributed by atoms with Gasteiger partial charge in [-0.05, 0) is 18.6 Å². The molecule has 2 rings (SSSR count). The summed E-state index contributed by atoms with van der Waals surface area (Å²) in [7, 11) is -3.52. The third-order valence-corrected chi connectivity index (χ3v) is 5.96.